The minimum absolute atomic E-state index is 0. The van der Waals surface area contributed by atoms with Crippen molar-refractivity contribution in [3.05, 3.63) is 101 Å². The molecule has 0 nitrogen and oxygen atoms in total. The van der Waals surface area contributed by atoms with E-state index in [2.05, 4.69) is 124 Å². The molecule has 0 atom stereocenters. The summed E-state index contributed by atoms with van der Waals surface area (Å²) in [6.07, 6.45) is 4.66. The minimum Gasteiger partial charge on any atom is -1.00 e. The van der Waals surface area contributed by atoms with Crippen molar-refractivity contribution in [2.45, 2.75) is 18.1 Å². The first-order valence-electron chi connectivity index (χ1n) is 8.68. The molecule has 0 aromatic heterocycles. The smallest absolute Gasteiger partial charge is 1.00 e. The van der Waals surface area contributed by atoms with Crippen molar-refractivity contribution in [3.8, 4) is 0 Å². The summed E-state index contributed by atoms with van der Waals surface area (Å²) >= 11 is -0.146. The van der Waals surface area contributed by atoms with Gasteiger partial charge in [0.25, 0.3) is 0 Å². The first-order valence-corrected chi connectivity index (χ1v) is 14.1. The molecular formula is C23H23AsI2. The van der Waals surface area contributed by atoms with Crippen LogP contribution in [0, 0.1) is 0 Å². The molecule has 0 spiro atoms. The Morgan fingerprint density at radius 1 is 0.654 bits per heavy atom. The van der Waals surface area contributed by atoms with E-state index >= 15 is 0 Å². The van der Waals surface area contributed by atoms with Crippen LogP contribution >= 0.6 is 22.6 Å². The van der Waals surface area contributed by atoms with Crippen molar-refractivity contribution in [2.75, 3.05) is 0 Å². The maximum absolute atomic E-state index is 2.46. The van der Waals surface area contributed by atoms with Crippen LogP contribution in [-0.2, 0) is 0 Å². The van der Waals surface area contributed by atoms with E-state index in [0.29, 0.717) is 0 Å². The predicted molar refractivity (Wildman–Crippen MR) is 121 cm³/mol. The van der Waals surface area contributed by atoms with Crippen LogP contribution < -0.4 is 37.0 Å². The van der Waals surface area contributed by atoms with Gasteiger partial charge >= 0.3 is 168 Å². The fourth-order valence-corrected chi connectivity index (χ4v) is 12.9. The van der Waals surface area contributed by atoms with Gasteiger partial charge in [0.1, 0.15) is 0 Å². The molecule has 3 aromatic carbocycles. The van der Waals surface area contributed by atoms with Crippen LogP contribution in [0.25, 0.3) is 0 Å². The molecule has 0 unspecified atom stereocenters. The van der Waals surface area contributed by atoms with E-state index in [1.165, 1.54) is 24.7 Å². The van der Waals surface area contributed by atoms with Crippen molar-refractivity contribution < 1.29 is 24.0 Å². The number of halogens is 2. The topological polar surface area (TPSA) is 0 Å². The molecular weight excluding hydrogens is 605 g/mol. The standard InChI is InChI=1S/C23H23AsI.HI/c25-20-12-4-11-19-24(21-13-5-1-6-14-21,22-15-7-2-8-16-22)23-17-9-3-10-18-23;/h1-3,5-10,12-18,20H,4,11,19H2;1H/q+1;/p-1/b20-12+;. The average molecular weight is 628 g/mol. The first kappa shape index (κ1) is 21.7. The number of benzene rings is 3. The maximum atomic E-state index is 2.35. The molecule has 0 radical (unpaired) electrons. The van der Waals surface area contributed by atoms with Gasteiger partial charge in [0.15, 0.2) is 0 Å². The van der Waals surface area contributed by atoms with Crippen LogP contribution in [-0.4, -0.2) is 13.6 Å². The second kappa shape index (κ2) is 11.3. The zero-order valence-electron chi connectivity index (χ0n) is 14.6. The molecule has 0 amide bonds. The van der Waals surface area contributed by atoms with Gasteiger partial charge in [-0.15, -0.1) is 0 Å². The largest absolute Gasteiger partial charge is 1.00 e. The molecule has 134 valence electrons. The van der Waals surface area contributed by atoms with E-state index < -0.39 is 13.6 Å². The third-order valence-electron chi connectivity index (χ3n) is 4.54. The molecule has 0 saturated heterocycles. The van der Waals surface area contributed by atoms with Crippen LogP contribution in [0.3, 0.4) is 0 Å². The Kier molecular flexibility index (Phi) is 9.44. The molecule has 3 aromatic rings. The monoisotopic (exact) mass is 628 g/mol. The summed E-state index contributed by atoms with van der Waals surface area (Å²) in [7, 11) is 0. The van der Waals surface area contributed by atoms with Crippen LogP contribution in [0.1, 0.15) is 12.8 Å². The van der Waals surface area contributed by atoms with Gasteiger partial charge in [-0.2, -0.15) is 0 Å². The third kappa shape index (κ3) is 5.02. The molecule has 3 rings (SSSR count). The summed E-state index contributed by atoms with van der Waals surface area (Å²) < 4.78 is 6.75. The van der Waals surface area contributed by atoms with Crippen LogP contribution in [0.15, 0.2) is 101 Å². The zero-order chi connectivity index (χ0) is 17.4. The van der Waals surface area contributed by atoms with Gasteiger partial charge in [-0.3, -0.25) is 0 Å². The number of allylic oxidation sites excluding steroid dienone is 1. The summed E-state index contributed by atoms with van der Waals surface area (Å²) in [5.74, 6) is 0. The Bertz CT molecular complexity index is 690. The normalized spacial score (nSPS) is 11.3. The molecule has 0 fully saturated rings. The van der Waals surface area contributed by atoms with Crippen molar-refractivity contribution in [1.82, 2.24) is 0 Å². The van der Waals surface area contributed by atoms with Gasteiger partial charge < -0.3 is 24.0 Å². The zero-order valence-corrected chi connectivity index (χ0v) is 20.8. The van der Waals surface area contributed by atoms with Gasteiger partial charge in [-0.05, 0) is 0 Å². The number of hydrogen-bond acceptors (Lipinski definition) is 0. The van der Waals surface area contributed by atoms with E-state index in [0.717, 1.165) is 6.42 Å². The number of unbranched alkanes of at least 4 members (excludes halogenated alkanes) is 1. The molecule has 3 heteroatoms. The number of hydrogen-bond donors (Lipinski definition) is 0. The second-order valence-electron chi connectivity index (χ2n) is 6.04. The Morgan fingerprint density at radius 2 is 1.04 bits per heavy atom. The van der Waals surface area contributed by atoms with Gasteiger partial charge in [0.2, 0.25) is 0 Å². The van der Waals surface area contributed by atoms with Gasteiger partial charge in [-0.25, -0.2) is 0 Å². The summed E-state index contributed by atoms with van der Waals surface area (Å²) in [5.41, 5.74) is 0. The van der Waals surface area contributed by atoms with E-state index in [9.17, 15) is 0 Å². The molecule has 0 heterocycles. The van der Waals surface area contributed by atoms with Crippen molar-refractivity contribution in [1.29, 1.82) is 0 Å². The SMILES string of the molecule is I/C=C/CCC[As+](c1ccccc1)(c1ccccc1)c1ccccc1.[I-]. The van der Waals surface area contributed by atoms with E-state index in [4.69, 9.17) is 0 Å². The predicted octanol–water partition coefficient (Wildman–Crippen LogP) is 1.89. The second-order valence-corrected chi connectivity index (χ2v) is 14.3. The molecule has 0 aliphatic rings. The van der Waals surface area contributed by atoms with Crippen LogP contribution in [0.2, 0.25) is 5.21 Å². The average Bonchev–Trinajstić information content (AvgIpc) is 2.70. The first-order chi connectivity index (χ1) is 12.4. The van der Waals surface area contributed by atoms with Gasteiger partial charge in [0, 0.05) is 0 Å². The summed E-state index contributed by atoms with van der Waals surface area (Å²) in [6, 6.07) is 33.7. The van der Waals surface area contributed by atoms with Gasteiger partial charge in [-0.1, -0.05) is 0 Å². The molecule has 0 aliphatic heterocycles. The van der Waals surface area contributed by atoms with Gasteiger partial charge in [0.05, 0.1) is 0 Å². The Hall–Kier alpha value is -0.582. The van der Waals surface area contributed by atoms with E-state index in [1.54, 1.807) is 0 Å². The molecule has 0 bridgehead atoms. The maximum Gasteiger partial charge on any atom is -1.00 e. The van der Waals surface area contributed by atoms with Crippen LogP contribution in [0.5, 0.6) is 0 Å². The quantitative estimate of drug-likeness (QED) is 0.213. The van der Waals surface area contributed by atoms with Crippen molar-refractivity contribution in [2.24, 2.45) is 0 Å². The molecule has 0 N–H and O–H groups in total. The Morgan fingerprint density at radius 3 is 1.38 bits per heavy atom. The fraction of sp³-hybridized carbons (Fsp3) is 0.130. The van der Waals surface area contributed by atoms with E-state index in [1.807, 2.05) is 0 Å². The third-order valence-corrected chi connectivity index (χ3v) is 14.5. The van der Waals surface area contributed by atoms with E-state index in [-0.39, 0.29) is 24.0 Å². The Labute approximate surface area is 190 Å². The fourth-order valence-electron chi connectivity index (χ4n) is 3.39. The summed E-state index contributed by atoms with van der Waals surface area (Å²) in [6.45, 7) is 0. The molecule has 0 saturated carbocycles. The molecule has 26 heavy (non-hydrogen) atoms. The summed E-state index contributed by atoms with van der Waals surface area (Å²) in [5, 5.41) is 1.26. The minimum atomic E-state index is -2.46. The van der Waals surface area contributed by atoms with Crippen molar-refractivity contribution in [3.63, 3.8) is 0 Å². The summed E-state index contributed by atoms with van der Waals surface area (Å²) in [4.78, 5) is 0. The molecule has 0 aliphatic carbocycles. The van der Waals surface area contributed by atoms with Crippen molar-refractivity contribution >= 4 is 49.2 Å². The Balaban J connectivity index is 0.00000243. The van der Waals surface area contributed by atoms with Crippen LogP contribution in [0.4, 0.5) is 0 Å². The number of rotatable bonds is 7.